The number of benzene rings is 2. The first-order chi connectivity index (χ1) is 17.4. The average molecular weight is 496 g/mol. The number of nitrogens with one attached hydrogen (secondary N) is 2. The second kappa shape index (κ2) is 11.2. The van der Waals surface area contributed by atoms with E-state index in [9.17, 15) is 18.8 Å². The van der Waals surface area contributed by atoms with E-state index >= 15 is 0 Å². The van der Waals surface area contributed by atoms with E-state index in [0.29, 0.717) is 31.2 Å². The molecule has 8 heteroatoms. The van der Waals surface area contributed by atoms with Gasteiger partial charge in [0.2, 0.25) is 11.8 Å². The van der Waals surface area contributed by atoms with E-state index < -0.39 is 23.8 Å². The molecule has 2 atom stereocenters. The molecule has 1 heterocycles. The summed E-state index contributed by atoms with van der Waals surface area (Å²) in [4.78, 5) is 41.8. The molecule has 2 aromatic rings. The Labute approximate surface area is 211 Å². The Balaban J connectivity index is 1.67. The first-order valence-electron chi connectivity index (χ1n) is 12.7. The van der Waals surface area contributed by atoms with Crippen LogP contribution in [-0.4, -0.2) is 53.0 Å². The third kappa shape index (κ3) is 5.14. The Bertz CT molecular complexity index is 1110. The topological polar surface area (TPSA) is 98.7 Å². The van der Waals surface area contributed by atoms with Gasteiger partial charge in [0.05, 0.1) is 6.61 Å². The van der Waals surface area contributed by atoms with Gasteiger partial charge in [-0.3, -0.25) is 14.4 Å². The van der Waals surface area contributed by atoms with Gasteiger partial charge >= 0.3 is 0 Å². The van der Waals surface area contributed by atoms with Crippen LogP contribution in [0.1, 0.15) is 53.7 Å². The molecule has 0 radical (unpaired) electrons. The Morgan fingerprint density at radius 3 is 2.42 bits per heavy atom. The van der Waals surface area contributed by atoms with E-state index in [-0.39, 0.29) is 48.9 Å². The molecule has 1 aliphatic heterocycles. The van der Waals surface area contributed by atoms with Crippen LogP contribution in [0.2, 0.25) is 0 Å². The van der Waals surface area contributed by atoms with E-state index in [1.165, 1.54) is 23.3 Å². The molecule has 2 aromatic carbocycles. The largest absolute Gasteiger partial charge is 0.395 e. The van der Waals surface area contributed by atoms with Gasteiger partial charge in [0.1, 0.15) is 17.9 Å². The second-order valence-corrected chi connectivity index (χ2v) is 9.69. The highest BCUT2D eigenvalue weighted by molar-refractivity contribution is 5.98. The number of hydrogen-bond donors (Lipinski definition) is 3. The van der Waals surface area contributed by atoms with E-state index in [1.807, 2.05) is 26.0 Å². The molecule has 0 aromatic heterocycles. The van der Waals surface area contributed by atoms with E-state index in [1.54, 1.807) is 4.90 Å². The summed E-state index contributed by atoms with van der Waals surface area (Å²) in [7, 11) is 0. The molecule has 0 spiro atoms. The highest BCUT2D eigenvalue weighted by Gasteiger charge is 2.47. The maximum atomic E-state index is 14.1. The van der Waals surface area contributed by atoms with Crippen LogP contribution < -0.4 is 10.6 Å². The van der Waals surface area contributed by atoms with Gasteiger partial charge in [-0.15, -0.1) is 0 Å². The zero-order valence-corrected chi connectivity index (χ0v) is 20.8. The highest BCUT2D eigenvalue weighted by atomic mass is 19.1. The molecule has 1 saturated heterocycles. The summed E-state index contributed by atoms with van der Waals surface area (Å²) in [5, 5.41) is 14.7. The summed E-state index contributed by atoms with van der Waals surface area (Å²) in [6, 6.07) is 10.6. The van der Waals surface area contributed by atoms with Crippen LogP contribution in [0.25, 0.3) is 0 Å². The van der Waals surface area contributed by atoms with Crippen molar-refractivity contribution < 1.29 is 23.9 Å². The number of aliphatic hydroxyl groups excluding tert-OH is 1. The van der Waals surface area contributed by atoms with Gasteiger partial charge in [0, 0.05) is 18.7 Å². The number of halogens is 1. The minimum atomic E-state index is -0.675. The Morgan fingerprint density at radius 2 is 1.81 bits per heavy atom. The molecule has 1 fully saturated rings. The highest BCUT2D eigenvalue weighted by Crippen LogP contribution is 2.33. The number of carbonyl (C=O) groups is 3. The molecule has 2 aliphatic rings. The lowest BCUT2D eigenvalue weighted by Crippen LogP contribution is -2.66. The first kappa shape index (κ1) is 25.8. The number of fused-ring (bicyclic) bond motifs is 1. The predicted molar refractivity (Wildman–Crippen MR) is 133 cm³/mol. The van der Waals surface area contributed by atoms with Crippen molar-refractivity contribution in [2.75, 3.05) is 13.2 Å². The summed E-state index contributed by atoms with van der Waals surface area (Å²) in [6.45, 7) is 3.79. The van der Waals surface area contributed by atoms with Crippen molar-refractivity contribution >= 4 is 17.7 Å². The fraction of sp³-hybridized carbons (Fsp3) is 0.464. The lowest BCUT2D eigenvalue weighted by molar-refractivity contribution is -0.154. The number of piperazine rings is 1. The van der Waals surface area contributed by atoms with Crippen LogP contribution >= 0.6 is 0 Å². The molecule has 4 rings (SSSR count). The second-order valence-electron chi connectivity index (χ2n) is 9.69. The summed E-state index contributed by atoms with van der Waals surface area (Å²) in [5.41, 5.74) is 2.94. The fourth-order valence-electron chi connectivity index (χ4n) is 5.63. The summed E-state index contributed by atoms with van der Waals surface area (Å²) in [5.74, 6) is -1.57. The summed E-state index contributed by atoms with van der Waals surface area (Å²) in [6.07, 6.45) is 2.85. The first-order valence-corrected chi connectivity index (χ1v) is 12.7. The van der Waals surface area contributed by atoms with Crippen molar-refractivity contribution in [3.8, 4) is 0 Å². The number of aliphatic hydroxyl groups is 1. The fourth-order valence-corrected chi connectivity index (χ4v) is 5.63. The number of rotatable bonds is 9. The molecular formula is C28H34FN3O4. The standard InChI is InChI=1S/C28H34FN3O4/c1-3-17(4-2)25-27(35)31-24(21-13-18-7-5-6-8-19(18)14-21)28(36)32(25)16-20-9-10-22(29)15-23(20)26(34)30-11-12-33/h5-10,15,17,21,24-25,33H,3-4,11-14,16H2,1-2H3,(H,30,34)(H,31,35)/t24-,25-/m1/s1. The normalized spacial score (nSPS) is 20.0. The van der Waals surface area contributed by atoms with E-state index in [0.717, 1.165) is 6.07 Å². The minimum Gasteiger partial charge on any atom is -0.395 e. The SMILES string of the molecule is CCC(CC)[C@@H]1C(=O)N[C@H](C2Cc3ccccc3C2)C(=O)N1Cc1ccc(F)cc1C(=O)NCCO. The molecule has 192 valence electrons. The van der Waals surface area contributed by atoms with Crippen molar-refractivity contribution in [3.05, 3.63) is 70.5 Å². The van der Waals surface area contributed by atoms with Crippen LogP contribution in [0, 0.1) is 17.7 Å². The van der Waals surface area contributed by atoms with Gasteiger partial charge in [-0.25, -0.2) is 4.39 Å². The van der Waals surface area contributed by atoms with Crippen molar-refractivity contribution in [2.24, 2.45) is 11.8 Å². The maximum absolute atomic E-state index is 14.1. The van der Waals surface area contributed by atoms with Crippen molar-refractivity contribution in [3.63, 3.8) is 0 Å². The van der Waals surface area contributed by atoms with Crippen LogP contribution in [0.5, 0.6) is 0 Å². The minimum absolute atomic E-state index is 0.0196. The van der Waals surface area contributed by atoms with Gasteiger partial charge in [0.15, 0.2) is 0 Å². The molecule has 0 unspecified atom stereocenters. The molecule has 36 heavy (non-hydrogen) atoms. The zero-order valence-electron chi connectivity index (χ0n) is 20.8. The van der Waals surface area contributed by atoms with Crippen LogP contribution in [0.3, 0.4) is 0 Å². The van der Waals surface area contributed by atoms with Crippen LogP contribution in [-0.2, 0) is 29.0 Å². The molecule has 0 saturated carbocycles. The Hall–Kier alpha value is -3.26. The monoisotopic (exact) mass is 495 g/mol. The third-order valence-corrected chi connectivity index (χ3v) is 7.56. The van der Waals surface area contributed by atoms with Crippen LogP contribution in [0.4, 0.5) is 4.39 Å². The Morgan fingerprint density at radius 1 is 1.14 bits per heavy atom. The molecule has 3 N–H and O–H groups in total. The lowest BCUT2D eigenvalue weighted by Gasteiger charge is -2.44. The van der Waals surface area contributed by atoms with Gasteiger partial charge in [-0.1, -0.05) is 57.0 Å². The quantitative estimate of drug-likeness (QED) is 0.498. The van der Waals surface area contributed by atoms with E-state index in [2.05, 4.69) is 22.8 Å². The Kier molecular flexibility index (Phi) is 8.04. The predicted octanol–water partition coefficient (Wildman–Crippen LogP) is 2.59. The number of carbonyl (C=O) groups excluding carboxylic acids is 3. The van der Waals surface area contributed by atoms with Gasteiger partial charge < -0.3 is 20.6 Å². The lowest BCUT2D eigenvalue weighted by atomic mass is 9.85. The van der Waals surface area contributed by atoms with Gasteiger partial charge in [-0.05, 0) is 53.5 Å². The van der Waals surface area contributed by atoms with Gasteiger partial charge in [-0.2, -0.15) is 0 Å². The zero-order chi connectivity index (χ0) is 25.8. The number of nitrogens with zero attached hydrogens (tertiary/aromatic N) is 1. The number of hydrogen-bond acceptors (Lipinski definition) is 4. The molecule has 3 amide bonds. The average Bonchev–Trinajstić information content (AvgIpc) is 3.31. The van der Waals surface area contributed by atoms with Crippen molar-refractivity contribution in [1.29, 1.82) is 0 Å². The smallest absolute Gasteiger partial charge is 0.251 e. The van der Waals surface area contributed by atoms with Crippen molar-refractivity contribution in [1.82, 2.24) is 15.5 Å². The van der Waals surface area contributed by atoms with Crippen LogP contribution in [0.15, 0.2) is 42.5 Å². The third-order valence-electron chi connectivity index (χ3n) is 7.56. The van der Waals surface area contributed by atoms with Crippen molar-refractivity contribution in [2.45, 2.75) is 58.2 Å². The number of amides is 3. The molecule has 0 bridgehead atoms. The summed E-state index contributed by atoms with van der Waals surface area (Å²) >= 11 is 0. The summed E-state index contributed by atoms with van der Waals surface area (Å²) < 4.78 is 14.1. The molecule has 7 nitrogen and oxygen atoms in total. The molecular weight excluding hydrogens is 461 g/mol. The van der Waals surface area contributed by atoms with E-state index in [4.69, 9.17) is 5.11 Å². The maximum Gasteiger partial charge on any atom is 0.251 e. The molecule has 1 aliphatic carbocycles. The van der Waals surface area contributed by atoms with Gasteiger partial charge in [0.25, 0.3) is 5.91 Å².